The van der Waals surface area contributed by atoms with Gasteiger partial charge in [-0.3, -0.25) is 25.0 Å². The number of aromatic nitrogens is 1. The van der Waals surface area contributed by atoms with Gasteiger partial charge in [-0.1, -0.05) is 25.1 Å². The zero-order valence-electron chi connectivity index (χ0n) is 16.0. The van der Waals surface area contributed by atoms with Crippen LogP contribution >= 0.6 is 0 Å². The number of fused-ring (bicyclic) bond motifs is 1. The van der Waals surface area contributed by atoms with Gasteiger partial charge in [0.1, 0.15) is 0 Å². The molecule has 1 N–H and O–H groups in total. The van der Waals surface area contributed by atoms with Crippen molar-refractivity contribution in [2.45, 2.75) is 19.3 Å². The fraction of sp³-hybridized carbons (Fsp3) is 0.250. The molecule has 1 heterocycles. The molecule has 0 spiro atoms. The Balaban J connectivity index is 1.83. The Hall–Kier alpha value is -3.75. The first-order valence-electron chi connectivity index (χ1n) is 9.07. The molecule has 9 heteroatoms. The van der Waals surface area contributed by atoms with Crippen LogP contribution in [0.5, 0.6) is 0 Å². The van der Waals surface area contributed by atoms with Crippen LogP contribution in [-0.4, -0.2) is 26.9 Å². The average molecular weight is 396 g/mol. The number of benzene rings is 2. The lowest BCUT2D eigenvalue weighted by Crippen LogP contribution is -2.28. The van der Waals surface area contributed by atoms with Gasteiger partial charge in [-0.25, -0.2) is 0 Å². The first-order chi connectivity index (χ1) is 13.8. The highest BCUT2D eigenvalue weighted by Crippen LogP contribution is 2.29. The van der Waals surface area contributed by atoms with Gasteiger partial charge >= 0.3 is 0 Å². The van der Waals surface area contributed by atoms with Crippen LogP contribution in [-0.2, 0) is 7.05 Å². The normalized spacial score (nSPS) is 11.9. The first kappa shape index (κ1) is 20.0. The van der Waals surface area contributed by atoms with Crippen LogP contribution in [0.15, 0.2) is 48.7 Å². The lowest BCUT2D eigenvalue weighted by atomic mass is 9.96. The minimum absolute atomic E-state index is 0.0266. The molecule has 3 aromatic rings. The van der Waals surface area contributed by atoms with Gasteiger partial charge in [-0.2, -0.15) is 0 Å². The number of amides is 1. The Labute approximate surface area is 166 Å². The third-order valence-corrected chi connectivity index (χ3v) is 4.96. The van der Waals surface area contributed by atoms with E-state index < -0.39 is 27.1 Å². The van der Waals surface area contributed by atoms with Crippen LogP contribution in [0.2, 0.25) is 0 Å². The number of rotatable bonds is 7. The minimum Gasteiger partial charge on any atom is -0.351 e. The van der Waals surface area contributed by atoms with E-state index >= 15 is 0 Å². The van der Waals surface area contributed by atoms with Gasteiger partial charge in [0.2, 0.25) is 0 Å². The van der Waals surface area contributed by atoms with Crippen molar-refractivity contribution in [3.05, 3.63) is 80.0 Å². The highest BCUT2D eigenvalue weighted by Gasteiger charge is 2.21. The van der Waals surface area contributed by atoms with Crippen molar-refractivity contribution < 1.29 is 14.6 Å². The van der Waals surface area contributed by atoms with Gasteiger partial charge in [0.25, 0.3) is 17.3 Å². The number of hydrogen-bond acceptors (Lipinski definition) is 5. The molecule has 9 nitrogen and oxygen atoms in total. The van der Waals surface area contributed by atoms with Gasteiger partial charge < -0.3 is 9.88 Å². The van der Waals surface area contributed by atoms with Gasteiger partial charge in [0.15, 0.2) is 0 Å². The third-order valence-electron chi connectivity index (χ3n) is 4.96. The smallest absolute Gasteiger partial charge is 0.277 e. The molecule has 2 aromatic carbocycles. The number of nitro groups is 2. The maximum Gasteiger partial charge on any atom is 0.277 e. The molecule has 1 atom stereocenters. The van der Waals surface area contributed by atoms with Gasteiger partial charge in [-0.15, -0.1) is 0 Å². The molecule has 1 aromatic heterocycles. The fourth-order valence-electron chi connectivity index (χ4n) is 3.43. The molecule has 0 aliphatic heterocycles. The van der Waals surface area contributed by atoms with Crippen LogP contribution in [0.25, 0.3) is 10.9 Å². The van der Waals surface area contributed by atoms with Crippen molar-refractivity contribution in [1.82, 2.24) is 9.88 Å². The molecule has 29 heavy (non-hydrogen) atoms. The molecule has 3 rings (SSSR count). The Morgan fingerprint density at radius 1 is 1.10 bits per heavy atom. The summed E-state index contributed by atoms with van der Waals surface area (Å²) in [7, 11) is 1.96. The molecular weight excluding hydrogens is 376 g/mol. The molecule has 0 bridgehead atoms. The fourth-order valence-corrected chi connectivity index (χ4v) is 3.43. The number of nitrogens with one attached hydrogen (secondary N) is 1. The van der Waals surface area contributed by atoms with E-state index in [0.29, 0.717) is 6.54 Å². The van der Waals surface area contributed by atoms with Crippen molar-refractivity contribution >= 4 is 28.2 Å². The first-order valence-corrected chi connectivity index (χ1v) is 9.07. The van der Waals surface area contributed by atoms with Crippen LogP contribution < -0.4 is 5.32 Å². The SMILES string of the molecule is CC[C@@H](CNC(=O)c1cc([N+](=O)[O-])cc([N+](=O)[O-])c1)c1cn(C)c2ccccc12. The number of aryl methyl sites for hydroxylation is 1. The van der Waals surface area contributed by atoms with E-state index in [0.717, 1.165) is 41.1 Å². The topological polar surface area (TPSA) is 120 Å². The van der Waals surface area contributed by atoms with Gasteiger partial charge in [-0.05, 0) is 18.1 Å². The Kier molecular flexibility index (Phi) is 5.58. The monoisotopic (exact) mass is 396 g/mol. The number of non-ortho nitro benzene ring substituents is 2. The summed E-state index contributed by atoms with van der Waals surface area (Å²) >= 11 is 0. The van der Waals surface area contributed by atoms with Crippen LogP contribution in [0.4, 0.5) is 11.4 Å². The van der Waals surface area contributed by atoms with E-state index in [9.17, 15) is 25.0 Å². The zero-order valence-corrected chi connectivity index (χ0v) is 16.0. The molecule has 0 unspecified atom stereocenters. The predicted molar refractivity (Wildman–Crippen MR) is 108 cm³/mol. The molecule has 1 amide bonds. The number of hydrogen-bond donors (Lipinski definition) is 1. The number of carbonyl (C=O) groups excluding carboxylic acids is 1. The molecule has 0 radical (unpaired) electrons. The second kappa shape index (κ2) is 8.09. The van der Waals surface area contributed by atoms with E-state index in [-0.39, 0.29) is 11.5 Å². The molecule has 150 valence electrons. The molecule has 0 saturated carbocycles. The Bertz CT molecular complexity index is 1070. The molecule has 0 aliphatic rings. The quantitative estimate of drug-likeness (QED) is 0.479. The van der Waals surface area contributed by atoms with Crippen molar-refractivity contribution in [2.24, 2.45) is 7.05 Å². The predicted octanol–water partition coefficient (Wildman–Crippen LogP) is 3.92. The lowest BCUT2D eigenvalue weighted by Gasteiger charge is -2.15. The largest absolute Gasteiger partial charge is 0.351 e. The maximum absolute atomic E-state index is 12.6. The summed E-state index contributed by atoms with van der Waals surface area (Å²) in [5.41, 5.74) is 1.08. The summed E-state index contributed by atoms with van der Waals surface area (Å²) in [4.78, 5) is 33.1. The van der Waals surface area contributed by atoms with E-state index in [2.05, 4.69) is 5.32 Å². The van der Waals surface area contributed by atoms with E-state index in [1.54, 1.807) is 0 Å². The highest BCUT2D eigenvalue weighted by atomic mass is 16.6. The standard InChI is InChI=1S/C20H20N4O5/c1-3-13(18-12-22(2)19-7-5-4-6-17(18)19)11-21-20(25)14-8-15(23(26)27)10-16(9-14)24(28)29/h4-10,12-13H,3,11H2,1-2H3,(H,21,25)/t13-/m0/s1. The highest BCUT2D eigenvalue weighted by molar-refractivity contribution is 5.95. The number of nitro benzene ring substituents is 2. The Morgan fingerprint density at radius 3 is 2.31 bits per heavy atom. The summed E-state index contributed by atoms with van der Waals surface area (Å²) in [5, 5.41) is 25.9. The summed E-state index contributed by atoms with van der Waals surface area (Å²) in [6.45, 7) is 2.32. The van der Waals surface area contributed by atoms with Crippen LogP contribution in [0.3, 0.4) is 0 Å². The Morgan fingerprint density at radius 2 is 1.72 bits per heavy atom. The molecule has 0 aliphatic carbocycles. The van der Waals surface area contributed by atoms with Crippen LogP contribution in [0, 0.1) is 20.2 Å². The summed E-state index contributed by atoms with van der Waals surface area (Å²) in [5.74, 6) is -0.561. The van der Waals surface area contributed by atoms with E-state index in [1.165, 1.54) is 0 Å². The molecular formula is C20H20N4O5. The second-order valence-corrected chi connectivity index (χ2v) is 6.78. The third kappa shape index (κ3) is 4.08. The van der Waals surface area contributed by atoms with Crippen molar-refractivity contribution in [1.29, 1.82) is 0 Å². The van der Waals surface area contributed by atoms with Crippen molar-refractivity contribution in [2.75, 3.05) is 6.54 Å². The maximum atomic E-state index is 12.6. The average Bonchev–Trinajstić information content (AvgIpc) is 3.04. The van der Waals surface area contributed by atoms with Crippen LogP contribution in [0.1, 0.15) is 35.2 Å². The number of para-hydroxylation sites is 1. The zero-order chi connectivity index (χ0) is 21.1. The molecule has 0 saturated heterocycles. The second-order valence-electron chi connectivity index (χ2n) is 6.78. The van der Waals surface area contributed by atoms with Gasteiger partial charge in [0.05, 0.1) is 21.5 Å². The summed E-state index contributed by atoms with van der Waals surface area (Å²) in [6, 6.07) is 10.9. The van der Waals surface area contributed by atoms with Gasteiger partial charge in [0, 0.05) is 48.7 Å². The number of nitrogens with zero attached hydrogens (tertiary/aromatic N) is 3. The number of carbonyl (C=O) groups is 1. The van der Waals surface area contributed by atoms with E-state index in [4.69, 9.17) is 0 Å². The lowest BCUT2D eigenvalue weighted by molar-refractivity contribution is -0.394. The minimum atomic E-state index is -0.755. The summed E-state index contributed by atoms with van der Waals surface area (Å²) < 4.78 is 2.03. The molecule has 0 fully saturated rings. The van der Waals surface area contributed by atoms with Crippen molar-refractivity contribution in [3.8, 4) is 0 Å². The van der Waals surface area contributed by atoms with Crippen molar-refractivity contribution in [3.63, 3.8) is 0 Å². The summed E-state index contributed by atoms with van der Waals surface area (Å²) in [6.07, 6.45) is 2.80. The van der Waals surface area contributed by atoms with E-state index in [1.807, 2.05) is 49.0 Å².